The maximum atomic E-state index is 12.3. The summed E-state index contributed by atoms with van der Waals surface area (Å²) in [4.78, 5) is 24.4. The van der Waals surface area contributed by atoms with E-state index in [0.29, 0.717) is 5.71 Å². The van der Waals surface area contributed by atoms with Crippen LogP contribution in [-0.2, 0) is 17.6 Å². The van der Waals surface area contributed by atoms with Crippen LogP contribution in [0.15, 0.2) is 47.6 Å². The minimum absolute atomic E-state index is 0.0741. The minimum atomic E-state index is -0.523. The molecule has 140 valence electrons. The molecule has 2 aromatic carbocycles. The van der Waals surface area contributed by atoms with Crippen LogP contribution >= 0.6 is 0 Å². The maximum absolute atomic E-state index is 12.3. The van der Waals surface area contributed by atoms with Crippen molar-refractivity contribution in [1.82, 2.24) is 5.43 Å². The molecule has 2 amide bonds. The number of nitrogens with one attached hydrogen (secondary N) is 2. The maximum Gasteiger partial charge on any atom is 0.275 e. The number of para-hydroxylation sites is 1. The first kappa shape index (κ1) is 18.6. The first-order valence-electron chi connectivity index (χ1n) is 9.06. The van der Waals surface area contributed by atoms with E-state index < -0.39 is 5.91 Å². The summed E-state index contributed by atoms with van der Waals surface area (Å²) < 4.78 is 0. The van der Waals surface area contributed by atoms with E-state index in [1.165, 1.54) is 29.7 Å². The van der Waals surface area contributed by atoms with Gasteiger partial charge in [-0.05, 0) is 61.9 Å². The van der Waals surface area contributed by atoms with Gasteiger partial charge in [-0.1, -0.05) is 24.3 Å². The third-order valence-electron chi connectivity index (χ3n) is 4.58. The number of phenols is 1. The largest absolute Gasteiger partial charge is 0.507 e. The summed E-state index contributed by atoms with van der Waals surface area (Å²) in [6, 6.07) is 12.2. The molecule has 27 heavy (non-hydrogen) atoms. The monoisotopic (exact) mass is 365 g/mol. The molecular formula is C21H23N3O3. The number of fused-ring (bicyclic) bond motifs is 1. The van der Waals surface area contributed by atoms with E-state index in [1.54, 1.807) is 19.1 Å². The van der Waals surface area contributed by atoms with E-state index >= 15 is 0 Å². The second-order valence-corrected chi connectivity index (χ2v) is 6.68. The van der Waals surface area contributed by atoms with Gasteiger partial charge in [0.25, 0.3) is 5.91 Å². The average Bonchev–Trinajstić information content (AvgIpc) is 2.67. The van der Waals surface area contributed by atoms with Gasteiger partial charge in [0.1, 0.15) is 5.75 Å². The minimum Gasteiger partial charge on any atom is -0.507 e. The molecule has 0 radical (unpaired) electrons. The van der Waals surface area contributed by atoms with E-state index in [9.17, 15) is 14.7 Å². The summed E-state index contributed by atoms with van der Waals surface area (Å²) >= 11 is 0. The lowest BCUT2D eigenvalue weighted by atomic mass is 9.90. The van der Waals surface area contributed by atoms with Crippen LogP contribution in [0.25, 0.3) is 0 Å². The molecule has 0 spiro atoms. The van der Waals surface area contributed by atoms with Crippen LogP contribution in [0.2, 0.25) is 0 Å². The standard InChI is InChI=1S/C21H23N3O3/c1-14(23-24-21(27)17-10-4-5-12-19(17)25)13-20(26)22-18-11-6-8-15-7-2-3-9-16(15)18/h4-6,8,10-12,25H,2-3,7,9,13H2,1H3,(H,22,26)(H,24,27). The molecule has 0 bridgehead atoms. The first-order valence-corrected chi connectivity index (χ1v) is 9.06. The molecule has 6 nitrogen and oxygen atoms in total. The van der Waals surface area contributed by atoms with Crippen molar-refractivity contribution in [2.75, 3.05) is 5.32 Å². The van der Waals surface area contributed by atoms with Crippen LogP contribution in [0, 0.1) is 0 Å². The van der Waals surface area contributed by atoms with E-state index in [4.69, 9.17) is 0 Å². The highest BCUT2D eigenvalue weighted by Crippen LogP contribution is 2.27. The molecule has 1 aliphatic carbocycles. The normalized spacial score (nSPS) is 13.6. The number of hydrazone groups is 1. The average molecular weight is 365 g/mol. The summed E-state index contributed by atoms with van der Waals surface area (Å²) in [5, 5.41) is 16.6. The molecule has 0 aliphatic heterocycles. The summed E-state index contributed by atoms with van der Waals surface area (Å²) in [6.45, 7) is 1.67. The van der Waals surface area contributed by atoms with Crippen LogP contribution in [-0.4, -0.2) is 22.6 Å². The van der Waals surface area contributed by atoms with Crippen molar-refractivity contribution in [1.29, 1.82) is 0 Å². The molecule has 0 saturated carbocycles. The van der Waals surface area contributed by atoms with E-state index in [-0.39, 0.29) is 23.6 Å². The molecule has 3 N–H and O–H groups in total. The molecule has 1 aliphatic rings. The topological polar surface area (TPSA) is 90.8 Å². The summed E-state index contributed by atoms with van der Waals surface area (Å²) in [7, 11) is 0. The fourth-order valence-corrected chi connectivity index (χ4v) is 3.24. The zero-order valence-electron chi connectivity index (χ0n) is 15.3. The fourth-order valence-electron chi connectivity index (χ4n) is 3.24. The Kier molecular flexibility index (Phi) is 5.86. The third kappa shape index (κ3) is 4.73. The fraction of sp³-hybridized carbons (Fsp3) is 0.286. The zero-order valence-corrected chi connectivity index (χ0v) is 15.3. The molecule has 0 unspecified atom stereocenters. The Morgan fingerprint density at radius 1 is 1.07 bits per heavy atom. The zero-order chi connectivity index (χ0) is 19.2. The number of anilines is 1. The van der Waals surface area contributed by atoms with Crippen LogP contribution in [0.3, 0.4) is 0 Å². The summed E-state index contributed by atoms with van der Waals surface area (Å²) in [5.41, 5.74) is 6.37. The molecular weight excluding hydrogens is 342 g/mol. The second kappa shape index (κ2) is 8.49. The van der Waals surface area contributed by atoms with Gasteiger partial charge in [-0.15, -0.1) is 0 Å². The number of carbonyl (C=O) groups is 2. The van der Waals surface area contributed by atoms with Gasteiger partial charge in [0, 0.05) is 11.4 Å². The van der Waals surface area contributed by atoms with Crippen molar-refractivity contribution in [2.45, 2.75) is 39.0 Å². The SMILES string of the molecule is CC(CC(=O)Nc1cccc2c1CCCC2)=NNC(=O)c1ccccc1O. The highest BCUT2D eigenvalue weighted by atomic mass is 16.3. The first-order chi connectivity index (χ1) is 13.0. The smallest absolute Gasteiger partial charge is 0.275 e. The van der Waals surface area contributed by atoms with Crippen molar-refractivity contribution < 1.29 is 14.7 Å². The highest BCUT2D eigenvalue weighted by molar-refractivity contribution is 6.06. The number of aromatic hydroxyl groups is 1. The lowest BCUT2D eigenvalue weighted by Crippen LogP contribution is -2.22. The molecule has 0 saturated heterocycles. The van der Waals surface area contributed by atoms with Crippen LogP contribution in [0.4, 0.5) is 5.69 Å². The van der Waals surface area contributed by atoms with Gasteiger partial charge >= 0.3 is 0 Å². The van der Waals surface area contributed by atoms with Gasteiger partial charge in [-0.2, -0.15) is 5.10 Å². The predicted molar refractivity (Wildman–Crippen MR) is 105 cm³/mol. The summed E-state index contributed by atoms with van der Waals surface area (Å²) in [6.07, 6.45) is 4.43. The van der Waals surface area contributed by atoms with Gasteiger partial charge in [-0.3, -0.25) is 9.59 Å². The Balaban J connectivity index is 1.59. The Hall–Kier alpha value is -3.15. The Morgan fingerprint density at radius 2 is 1.85 bits per heavy atom. The van der Waals surface area contributed by atoms with Crippen LogP contribution in [0.1, 0.15) is 47.7 Å². The quantitative estimate of drug-likeness (QED) is 0.560. The molecule has 0 fully saturated rings. The molecule has 0 atom stereocenters. The van der Waals surface area contributed by atoms with Gasteiger partial charge in [0.05, 0.1) is 12.0 Å². The molecule has 0 aromatic heterocycles. The number of hydrogen-bond donors (Lipinski definition) is 3. The lowest BCUT2D eigenvalue weighted by molar-refractivity contribution is -0.115. The van der Waals surface area contributed by atoms with Crippen molar-refractivity contribution in [3.63, 3.8) is 0 Å². The number of nitrogens with zero attached hydrogens (tertiary/aromatic N) is 1. The third-order valence-corrected chi connectivity index (χ3v) is 4.58. The number of benzene rings is 2. The van der Waals surface area contributed by atoms with Crippen LogP contribution < -0.4 is 10.7 Å². The van der Waals surface area contributed by atoms with E-state index in [1.807, 2.05) is 12.1 Å². The number of phenolic OH excluding ortho intramolecular Hbond substituents is 1. The van der Waals surface area contributed by atoms with Gasteiger partial charge in [-0.25, -0.2) is 5.43 Å². The van der Waals surface area contributed by atoms with Crippen LogP contribution in [0.5, 0.6) is 5.75 Å². The predicted octanol–water partition coefficient (Wildman–Crippen LogP) is 3.41. The number of aryl methyl sites for hydroxylation is 1. The number of rotatable bonds is 5. The van der Waals surface area contributed by atoms with Crippen molar-refractivity contribution in [2.24, 2.45) is 5.10 Å². The molecule has 3 rings (SSSR count). The van der Waals surface area contributed by atoms with Crippen molar-refractivity contribution in [3.05, 3.63) is 59.2 Å². The van der Waals surface area contributed by atoms with E-state index in [0.717, 1.165) is 24.9 Å². The molecule has 0 heterocycles. The molecule has 2 aromatic rings. The van der Waals surface area contributed by atoms with Gasteiger partial charge in [0.2, 0.25) is 5.91 Å². The summed E-state index contributed by atoms with van der Waals surface area (Å²) in [5.74, 6) is -0.813. The second-order valence-electron chi connectivity index (χ2n) is 6.68. The van der Waals surface area contributed by atoms with Crippen molar-refractivity contribution in [3.8, 4) is 5.75 Å². The Labute approximate surface area is 158 Å². The number of carbonyl (C=O) groups excluding carboxylic acids is 2. The van der Waals surface area contributed by atoms with Crippen molar-refractivity contribution >= 4 is 23.2 Å². The Morgan fingerprint density at radius 3 is 2.67 bits per heavy atom. The van der Waals surface area contributed by atoms with Gasteiger partial charge in [0.15, 0.2) is 0 Å². The molecule has 6 heteroatoms. The van der Waals surface area contributed by atoms with E-state index in [2.05, 4.69) is 21.9 Å². The highest BCUT2D eigenvalue weighted by Gasteiger charge is 2.15. The number of amides is 2. The number of hydrogen-bond acceptors (Lipinski definition) is 4. The lowest BCUT2D eigenvalue weighted by Gasteiger charge is -2.19. The Bertz CT molecular complexity index is 890. The van der Waals surface area contributed by atoms with Gasteiger partial charge < -0.3 is 10.4 Å².